The highest BCUT2D eigenvalue weighted by atomic mass is 19.4. The number of alkyl halides is 3. The zero-order chi connectivity index (χ0) is 19.6. The number of carbonyl (C=O) groups excluding carboxylic acids is 1. The second kappa shape index (κ2) is 7.50. The fourth-order valence-corrected chi connectivity index (χ4v) is 3.47. The standard InChI is InChI=1S/C20H21F3N2O2/c1-13-6-3-4-7-15(13)18-8-5-11-25(18)19(26)24-17-10-9-14(27-2)12-16(17)20(21,22)23/h3-4,6-7,9-10,12,18H,5,8,11H2,1-2H3,(H,24,26). The Labute approximate surface area is 155 Å². The van der Waals surface area contributed by atoms with E-state index in [1.165, 1.54) is 19.2 Å². The Balaban J connectivity index is 1.86. The number of benzene rings is 2. The molecule has 2 aromatic rings. The van der Waals surface area contributed by atoms with E-state index in [0.717, 1.165) is 30.0 Å². The molecule has 0 spiro atoms. The van der Waals surface area contributed by atoms with Gasteiger partial charge in [-0.1, -0.05) is 24.3 Å². The molecule has 1 fully saturated rings. The molecule has 1 aliphatic rings. The van der Waals surface area contributed by atoms with Gasteiger partial charge in [-0.05, 0) is 49.1 Å². The van der Waals surface area contributed by atoms with Gasteiger partial charge in [0, 0.05) is 6.54 Å². The van der Waals surface area contributed by atoms with Crippen LogP contribution in [0.25, 0.3) is 0 Å². The molecular formula is C20H21F3N2O2. The zero-order valence-electron chi connectivity index (χ0n) is 15.1. The summed E-state index contributed by atoms with van der Waals surface area (Å²) in [6, 6.07) is 10.6. The van der Waals surface area contributed by atoms with Crippen LogP contribution in [-0.4, -0.2) is 24.6 Å². The molecule has 4 nitrogen and oxygen atoms in total. The van der Waals surface area contributed by atoms with Crippen LogP contribution in [0.1, 0.15) is 35.6 Å². The highest BCUT2D eigenvalue weighted by Gasteiger charge is 2.36. The summed E-state index contributed by atoms with van der Waals surface area (Å²) in [5.74, 6) is 0.0827. The van der Waals surface area contributed by atoms with Gasteiger partial charge in [-0.3, -0.25) is 0 Å². The van der Waals surface area contributed by atoms with Crippen molar-refractivity contribution in [3.05, 3.63) is 59.2 Å². The summed E-state index contributed by atoms with van der Waals surface area (Å²) < 4.78 is 45.0. The number of carbonyl (C=O) groups is 1. The first-order valence-corrected chi connectivity index (χ1v) is 8.69. The van der Waals surface area contributed by atoms with Crippen LogP contribution in [-0.2, 0) is 6.18 Å². The van der Waals surface area contributed by atoms with Gasteiger partial charge in [0.05, 0.1) is 24.4 Å². The molecule has 0 bridgehead atoms. The van der Waals surface area contributed by atoms with Gasteiger partial charge in [-0.15, -0.1) is 0 Å². The Morgan fingerprint density at radius 3 is 2.63 bits per heavy atom. The monoisotopic (exact) mass is 378 g/mol. The van der Waals surface area contributed by atoms with Crippen molar-refractivity contribution < 1.29 is 22.7 Å². The summed E-state index contributed by atoms with van der Waals surface area (Å²) in [6.45, 7) is 2.47. The summed E-state index contributed by atoms with van der Waals surface area (Å²) in [4.78, 5) is 14.4. The van der Waals surface area contributed by atoms with Gasteiger partial charge in [0.2, 0.25) is 0 Å². The molecule has 2 aromatic carbocycles. The summed E-state index contributed by atoms with van der Waals surface area (Å²) in [6.07, 6.45) is -3.01. The molecular weight excluding hydrogens is 357 g/mol. The minimum atomic E-state index is -4.60. The highest BCUT2D eigenvalue weighted by molar-refractivity contribution is 5.91. The Morgan fingerprint density at radius 1 is 1.22 bits per heavy atom. The van der Waals surface area contributed by atoms with Gasteiger partial charge in [0.25, 0.3) is 0 Å². The van der Waals surface area contributed by atoms with Crippen LogP contribution in [0.15, 0.2) is 42.5 Å². The lowest BCUT2D eigenvalue weighted by Crippen LogP contribution is -2.35. The van der Waals surface area contributed by atoms with Crippen molar-refractivity contribution in [2.24, 2.45) is 0 Å². The van der Waals surface area contributed by atoms with E-state index < -0.39 is 17.8 Å². The van der Waals surface area contributed by atoms with E-state index >= 15 is 0 Å². The Hall–Kier alpha value is -2.70. The molecule has 2 amide bonds. The molecule has 0 saturated carbocycles. The molecule has 1 unspecified atom stereocenters. The van der Waals surface area contributed by atoms with E-state index in [4.69, 9.17) is 4.74 Å². The lowest BCUT2D eigenvalue weighted by atomic mass is 9.99. The number of anilines is 1. The number of hydrogen-bond acceptors (Lipinski definition) is 2. The smallest absolute Gasteiger partial charge is 0.418 e. The fourth-order valence-electron chi connectivity index (χ4n) is 3.47. The number of aryl methyl sites for hydroxylation is 1. The van der Waals surface area contributed by atoms with Crippen LogP contribution in [0.2, 0.25) is 0 Å². The number of methoxy groups -OCH3 is 1. The second-order valence-corrected chi connectivity index (χ2v) is 6.55. The van der Waals surface area contributed by atoms with E-state index in [9.17, 15) is 18.0 Å². The maximum Gasteiger partial charge on any atom is 0.418 e. The lowest BCUT2D eigenvalue weighted by molar-refractivity contribution is -0.137. The van der Waals surface area contributed by atoms with Crippen molar-refractivity contribution in [3.8, 4) is 5.75 Å². The molecule has 1 saturated heterocycles. The molecule has 0 aliphatic carbocycles. The van der Waals surface area contributed by atoms with Gasteiger partial charge in [-0.25, -0.2) is 4.79 Å². The number of nitrogens with one attached hydrogen (secondary N) is 1. The first kappa shape index (κ1) is 19.1. The van der Waals surface area contributed by atoms with E-state index in [-0.39, 0.29) is 17.5 Å². The third-order valence-electron chi connectivity index (χ3n) is 4.83. The SMILES string of the molecule is COc1ccc(NC(=O)N2CCCC2c2ccccc2C)c(C(F)(F)F)c1. The largest absolute Gasteiger partial charge is 0.497 e. The van der Waals surface area contributed by atoms with Crippen LogP contribution >= 0.6 is 0 Å². The minimum Gasteiger partial charge on any atom is -0.497 e. The van der Waals surface area contributed by atoms with Crippen LogP contribution in [0.4, 0.5) is 23.7 Å². The van der Waals surface area contributed by atoms with E-state index in [1.54, 1.807) is 4.90 Å². The first-order chi connectivity index (χ1) is 12.8. The minimum absolute atomic E-state index is 0.0827. The third kappa shape index (κ3) is 4.02. The summed E-state index contributed by atoms with van der Waals surface area (Å²) in [7, 11) is 1.30. The summed E-state index contributed by atoms with van der Waals surface area (Å²) in [5, 5.41) is 2.44. The highest BCUT2D eigenvalue weighted by Crippen LogP contribution is 2.38. The van der Waals surface area contributed by atoms with Gasteiger partial charge in [0.1, 0.15) is 5.75 Å². The predicted molar refractivity (Wildman–Crippen MR) is 96.9 cm³/mol. The van der Waals surface area contributed by atoms with Crippen molar-refractivity contribution in [1.82, 2.24) is 4.90 Å². The van der Waals surface area contributed by atoms with Crippen LogP contribution < -0.4 is 10.1 Å². The van der Waals surface area contributed by atoms with E-state index in [1.807, 2.05) is 31.2 Å². The maximum absolute atomic E-state index is 13.4. The fraction of sp³-hybridized carbons (Fsp3) is 0.350. The van der Waals surface area contributed by atoms with E-state index in [0.29, 0.717) is 6.54 Å². The Morgan fingerprint density at radius 2 is 1.96 bits per heavy atom. The van der Waals surface area contributed by atoms with Crippen LogP contribution in [0.5, 0.6) is 5.75 Å². The third-order valence-corrected chi connectivity index (χ3v) is 4.83. The normalized spacial score (nSPS) is 17.1. The van der Waals surface area contributed by atoms with Gasteiger partial charge >= 0.3 is 12.2 Å². The molecule has 1 N–H and O–H groups in total. The molecule has 0 radical (unpaired) electrons. The second-order valence-electron chi connectivity index (χ2n) is 6.55. The van der Waals surface area contributed by atoms with Crippen LogP contribution in [0.3, 0.4) is 0 Å². The molecule has 7 heteroatoms. The number of urea groups is 1. The summed E-state index contributed by atoms with van der Waals surface area (Å²) in [5.41, 5.74) is 0.879. The van der Waals surface area contributed by atoms with Crippen molar-refractivity contribution in [2.75, 3.05) is 19.0 Å². The number of likely N-dealkylation sites (tertiary alicyclic amines) is 1. The Bertz CT molecular complexity index is 836. The molecule has 27 heavy (non-hydrogen) atoms. The molecule has 144 valence electrons. The van der Waals surface area contributed by atoms with Gasteiger partial charge in [-0.2, -0.15) is 13.2 Å². The first-order valence-electron chi connectivity index (χ1n) is 8.69. The zero-order valence-corrected chi connectivity index (χ0v) is 15.1. The molecule has 1 atom stereocenters. The molecule has 1 aliphatic heterocycles. The number of hydrogen-bond donors (Lipinski definition) is 1. The maximum atomic E-state index is 13.4. The summed E-state index contributed by atoms with van der Waals surface area (Å²) >= 11 is 0. The quantitative estimate of drug-likeness (QED) is 0.778. The predicted octanol–water partition coefficient (Wildman–Crippen LogP) is 5.39. The number of amides is 2. The number of ether oxygens (including phenoxy) is 1. The topological polar surface area (TPSA) is 41.6 Å². The van der Waals surface area contributed by atoms with Crippen molar-refractivity contribution in [2.45, 2.75) is 32.0 Å². The van der Waals surface area contributed by atoms with Crippen molar-refractivity contribution >= 4 is 11.7 Å². The van der Waals surface area contributed by atoms with Gasteiger partial charge in [0.15, 0.2) is 0 Å². The van der Waals surface area contributed by atoms with Crippen LogP contribution in [0, 0.1) is 6.92 Å². The number of nitrogens with zero attached hydrogens (tertiary/aromatic N) is 1. The Kier molecular flexibility index (Phi) is 5.30. The number of rotatable bonds is 3. The van der Waals surface area contributed by atoms with Gasteiger partial charge < -0.3 is 15.0 Å². The lowest BCUT2D eigenvalue weighted by Gasteiger charge is -2.27. The number of halogens is 3. The van der Waals surface area contributed by atoms with E-state index in [2.05, 4.69) is 5.32 Å². The average Bonchev–Trinajstić information content (AvgIpc) is 3.11. The van der Waals surface area contributed by atoms with Crippen molar-refractivity contribution in [1.29, 1.82) is 0 Å². The molecule has 0 aromatic heterocycles. The van der Waals surface area contributed by atoms with Crippen molar-refractivity contribution in [3.63, 3.8) is 0 Å². The average molecular weight is 378 g/mol. The molecule has 1 heterocycles. The molecule has 3 rings (SSSR count).